The molecule has 0 aliphatic rings. The molecule has 2 N–H and O–H groups in total. The van der Waals surface area contributed by atoms with Gasteiger partial charge in [-0.1, -0.05) is 26.0 Å². The Morgan fingerprint density at radius 2 is 2.00 bits per heavy atom. The third-order valence-electron chi connectivity index (χ3n) is 2.60. The smallest absolute Gasteiger partial charge is 0.232 e. The van der Waals surface area contributed by atoms with Gasteiger partial charge in [-0.2, -0.15) is 0 Å². The molecule has 19 heavy (non-hydrogen) atoms. The van der Waals surface area contributed by atoms with Gasteiger partial charge < -0.3 is 5.32 Å². The molecular weight excluding hydrogens is 328 g/mol. The quantitative estimate of drug-likeness (QED) is 0.745. The number of aryl methyl sites for hydroxylation is 1. The van der Waals surface area contributed by atoms with Crippen LogP contribution in [0, 0.1) is 6.92 Å². The first kappa shape index (κ1) is 16.5. The molecule has 0 atom stereocenters. The predicted molar refractivity (Wildman–Crippen MR) is 84.0 cm³/mol. The summed E-state index contributed by atoms with van der Waals surface area (Å²) < 4.78 is 27.3. The minimum Gasteiger partial charge on any atom is -0.314 e. The number of hydrogen-bond acceptors (Lipinski definition) is 3. The van der Waals surface area contributed by atoms with Gasteiger partial charge in [-0.15, -0.1) is 0 Å². The highest BCUT2D eigenvalue weighted by molar-refractivity contribution is 9.10. The van der Waals surface area contributed by atoms with Gasteiger partial charge in [0, 0.05) is 10.5 Å². The van der Waals surface area contributed by atoms with E-state index >= 15 is 0 Å². The predicted octanol–water partition coefficient (Wildman–Crippen LogP) is 2.89. The fourth-order valence-electron chi connectivity index (χ4n) is 1.60. The second-order valence-corrected chi connectivity index (χ2v) is 7.45. The molecule has 0 heterocycles. The average molecular weight is 349 g/mol. The standard InChI is InChI=1S/C13H21BrN2O2S/c1-10(2)15-8-5-9-19(17,18)16-12-7-4-6-11(3)13(12)14/h4,6-7,10,15-16H,5,8-9H2,1-3H3. The molecule has 0 fully saturated rings. The highest BCUT2D eigenvalue weighted by Gasteiger charge is 2.12. The molecule has 0 bridgehead atoms. The van der Waals surface area contributed by atoms with Crippen molar-refractivity contribution in [3.63, 3.8) is 0 Å². The monoisotopic (exact) mass is 348 g/mol. The molecule has 0 aromatic heterocycles. The first-order valence-corrected chi connectivity index (χ1v) is 8.75. The Bertz CT molecular complexity index is 515. The number of anilines is 1. The van der Waals surface area contributed by atoms with Crippen molar-refractivity contribution in [1.82, 2.24) is 5.32 Å². The van der Waals surface area contributed by atoms with Gasteiger partial charge in [0.15, 0.2) is 0 Å². The maximum atomic E-state index is 11.9. The van der Waals surface area contributed by atoms with E-state index in [-0.39, 0.29) is 5.75 Å². The Morgan fingerprint density at radius 3 is 2.63 bits per heavy atom. The Kier molecular flexibility index (Phi) is 6.29. The van der Waals surface area contributed by atoms with Gasteiger partial charge in [0.1, 0.15) is 0 Å². The second kappa shape index (κ2) is 7.26. The van der Waals surface area contributed by atoms with Crippen LogP contribution in [0.5, 0.6) is 0 Å². The van der Waals surface area contributed by atoms with Crippen LogP contribution in [-0.2, 0) is 10.0 Å². The summed E-state index contributed by atoms with van der Waals surface area (Å²) in [6.45, 7) is 6.70. The summed E-state index contributed by atoms with van der Waals surface area (Å²) in [6.07, 6.45) is 0.594. The first-order chi connectivity index (χ1) is 8.82. The summed E-state index contributed by atoms with van der Waals surface area (Å²) in [5.74, 6) is 0.118. The summed E-state index contributed by atoms with van der Waals surface area (Å²) in [7, 11) is -3.29. The molecule has 0 aliphatic heterocycles. The number of nitrogens with one attached hydrogen (secondary N) is 2. The summed E-state index contributed by atoms with van der Waals surface area (Å²) in [5, 5.41) is 3.20. The van der Waals surface area contributed by atoms with Crippen LogP contribution in [-0.4, -0.2) is 26.8 Å². The molecule has 1 aromatic carbocycles. The Labute approximate surface area is 124 Å². The van der Waals surface area contributed by atoms with Gasteiger partial charge in [0.05, 0.1) is 11.4 Å². The van der Waals surface area contributed by atoms with Crippen LogP contribution in [0.15, 0.2) is 22.7 Å². The van der Waals surface area contributed by atoms with E-state index < -0.39 is 10.0 Å². The van der Waals surface area contributed by atoms with Crippen LogP contribution >= 0.6 is 15.9 Å². The molecule has 0 amide bonds. The largest absolute Gasteiger partial charge is 0.314 e. The van der Waals surface area contributed by atoms with Crippen LogP contribution in [0.3, 0.4) is 0 Å². The fraction of sp³-hybridized carbons (Fsp3) is 0.538. The molecule has 0 radical (unpaired) electrons. The Morgan fingerprint density at radius 1 is 1.32 bits per heavy atom. The van der Waals surface area contributed by atoms with E-state index in [9.17, 15) is 8.42 Å². The topological polar surface area (TPSA) is 58.2 Å². The molecule has 0 saturated carbocycles. The summed E-state index contributed by atoms with van der Waals surface area (Å²) in [5.41, 5.74) is 1.60. The van der Waals surface area contributed by atoms with E-state index in [0.29, 0.717) is 24.7 Å². The van der Waals surface area contributed by atoms with E-state index in [1.165, 1.54) is 0 Å². The van der Waals surface area contributed by atoms with Crippen LogP contribution in [0.2, 0.25) is 0 Å². The zero-order chi connectivity index (χ0) is 14.5. The molecule has 4 nitrogen and oxygen atoms in total. The van der Waals surface area contributed by atoms with Gasteiger partial charge in [-0.3, -0.25) is 4.72 Å². The summed E-state index contributed by atoms with van der Waals surface area (Å²) >= 11 is 3.39. The van der Waals surface area contributed by atoms with Gasteiger partial charge in [-0.25, -0.2) is 8.42 Å². The molecule has 6 heteroatoms. The highest BCUT2D eigenvalue weighted by Crippen LogP contribution is 2.26. The molecule has 1 aromatic rings. The van der Waals surface area contributed by atoms with Crippen molar-refractivity contribution in [3.8, 4) is 0 Å². The third kappa shape index (κ3) is 5.93. The van der Waals surface area contributed by atoms with E-state index in [0.717, 1.165) is 10.0 Å². The van der Waals surface area contributed by atoms with Crippen LogP contribution < -0.4 is 10.0 Å². The van der Waals surface area contributed by atoms with Gasteiger partial charge >= 0.3 is 0 Å². The van der Waals surface area contributed by atoms with Crippen molar-refractivity contribution >= 4 is 31.6 Å². The number of halogens is 1. The second-order valence-electron chi connectivity index (χ2n) is 4.82. The minimum atomic E-state index is -3.29. The lowest BCUT2D eigenvalue weighted by molar-refractivity contribution is 0.571. The molecule has 108 valence electrons. The maximum absolute atomic E-state index is 11.9. The minimum absolute atomic E-state index is 0.118. The zero-order valence-electron chi connectivity index (χ0n) is 11.5. The van der Waals surface area contributed by atoms with E-state index in [1.54, 1.807) is 6.07 Å². The first-order valence-electron chi connectivity index (χ1n) is 6.31. The molecule has 0 unspecified atom stereocenters. The zero-order valence-corrected chi connectivity index (χ0v) is 13.9. The Hall–Kier alpha value is -0.590. The van der Waals surface area contributed by atoms with Crippen LogP contribution in [0.4, 0.5) is 5.69 Å². The SMILES string of the molecule is Cc1cccc(NS(=O)(=O)CCCNC(C)C)c1Br. The van der Waals surface area contributed by atoms with E-state index in [2.05, 4.69) is 26.0 Å². The summed E-state index contributed by atoms with van der Waals surface area (Å²) in [4.78, 5) is 0. The number of benzene rings is 1. The molecule has 0 aliphatic carbocycles. The molecule has 0 saturated heterocycles. The van der Waals surface area contributed by atoms with Gasteiger partial charge in [0.2, 0.25) is 10.0 Å². The lowest BCUT2D eigenvalue weighted by Crippen LogP contribution is -2.26. The molecular formula is C13H21BrN2O2S. The van der Waals surface area contributed by atoms with Gasteiger partial charge in [0.25, 0.3) is 0 Å². The Balaban J connectivity index is 2.57. The molecule has 1 rings (SSSR count). The van der Waals surface area contributed by atoms with Gasteiger partial charge in [-0.05, 0) is 47.4 Å². The third-order valence-corrected chi connectivity index (χ3v) is 5.01. The average Bonchev–Trinajstić information content (AvgIpc) is 2.30. The van der Waals surface area contributed by atoms with Crippen molar-refractivity contribution in [3.05, 3.63) is 28.2 Å². The highest BCUT2D eigenvalue weighted by atomic mass is 79.9. The van der Waals surface area contributed by atoms with Crippen molar-refractivity contribution in [1.29, 1.82) is 0 Å². The van der Waals surface area contributed by atoms with E-state index in [1.807, 2.05) is 32.9 Å². The van der Waals surface area contributed by atoms with Crippen molar-refractivity contribution in [2.45, 2.75) is 33.2 Å². The number of sulfonamides is 1. The fourth-order valence-corrected chi connectivity index (χ4v) is 3.22. The normalized spacial score (nSPS) is 11.8. The lowest BCUT2D eigenvalue weighted by Gasteiger charge is -2.12. The van der Waals surface area contributed by atoms with Crippen molar-refractivity contribution in [2.24, 2.45) is 0 Å². The number of hydrogen-bond donors (Lipinski definition) is 2. The summed E-state index contributed by atoms with van der Waals surface area (Å²) in [6, 6.07) is 5.88. The van der Waals surface area contributed by atoms with Crippen molar-refractivity contribution < 1.29 is 8.42 Å². The van der Waals surface area contributed by atoms with E-state index in [4.69, 9.17) is 0 Å². The van der Waals surface area contributed by atoms with Crippen molar-refractivity contribution in [2.75, 3.05) is 17.0 Å². The molecule has 0 spiro atoms. The lowest BCUT2D eigenvalue weighted by atomic mass is 10.2. The van der Waals surface area contributed by atoms with Crippen LogP contribution in [0.25, 0.3) is 0 Å². The van der Waals surface area contributed by atoms with Crippen LogP contribution in [0.1, 0.15) is 25.8 Å². The number of rotatable bonds is 7. The maximum Gasteiger partial charge on any atom is 0.232 e.